The molecule has 112 valence electrons. The van der Waals surface area contributed by atoms with E-state index in [0.29, 0.717) is 5.92 Å². The van der Waals surface area contributed by atoms with Crippen molar-refractivity contribution in [3.8, 4) is 0 Å². The molecule has 0 saturated carbocycles. The molecule has 1 amide bonds. The van der Waals surface area contributed by atoms with Crippen LogP contribution in [0.1, 0.15) is 46.0 Å². The van der Waals surface area contributed by atoms with Gasteiger partial charge in [0.1, 0.15) is 0 Å². The van der Waals surface area contributed by atoms with Gasteiger partial charge >= 0.3 is 0 Å². The quantitative estimate of drug-likeness (QED) is 0.834. The van der Waals surface area contributed by atoms with E-state index >= 15 is 0 Å². The molecular weight excluding hydrogens is 264 g/mol. The van der Waals surface area contributed by atoms with Crippen molar-refractivity contribution in [3.05, 3.63) is 0 Å². The Kier molecular flexibility index (Phi) is 6.57. The monoisotopic (exact) mass is 290 g/mol. The molecule has 2 aliphatic rings. The fraction of sp³-hybridized carbons (Fsp3) is 0.929. The van der Waals surface area contributed by atoms with Crippen LogP contribution in [-0.4, -0.2) is 37.2 Å². The van der Waals surface area contributed by atoms with Gasteiger partial charge in [0.2, 0.25) is 5.91 Å². The third-order valence-corrected chi connectivity index (χ3v) is 4.45. The van der Waals surface area contributed by atoms with Gasteiger partial charge in [-0.1, -0.05) is 0 Å². The molecule has 0 bridgehead atoms. The molecule has 2 atom stereocenters. The van der Waals surface area contributed by atoms with Crippen molar-refractivity contribution in [1.82, 2.24) is 10.6 Å². The molecule has 0 aliphatic carbocycles. The average molecular weight is 291 g/mol. The highest BCUT2D eigenvalue weighted by atomic mass is 35.5. The molecule has 2 heterocycles. The van der Waals surface area contributed by atoms with Gasteiger partial charge in [-0.15, -0.1) is 12.4 Å². The van der Waals surface area contributed by atoms with Crippen LogP contribution >= 0.6 is 12.4 Å². The van der Waals surface area contributed by atoms with Crippen LogP contribution in [0, 0.1) is 5.92 Å². The zero-order chi connectivity index (χ0) is 13.0. The Hall–Kier alpha value is -0.320. The number of piperidine rings is 1. The van der Waals surface area contributed by atoms with Crippen molar-refractivity contribution < 1.29 is 9.53 Å². The molecular formula is C14H27ClN2O2. The minimum Gasteiger partial charge on any atom is -0.381 e. The van der Waals surface area contributed by atoms with Crippen molar-refractivity contribution in [1.29, 1.82) is 0 Å². The van der Waals surface area contributed by atoms with Crippen LogP contribution in [-0.2, 0) is 9.53 Å². The van der Waals surface area contributed by atoms with Crippen LogP contribution in [0.5, 0.6) is 0 Å². The number of amides is 1. The molecule has 5 heteroatoms. The number of nitrogens with one attached hydrogen (secondary N) is 2. The highest BCUT2D eigenvalue weighted by Gasteiger charge is 2.35. The highest BCUT2D eigenvalue weighted by Crippen LogP contribution is 2.22. The Morgan fingerprint density at radius 1 is 1.37 bits per heavy atom. The first-order valence-corrected chi connectivity index (χ1v) is 7.25. The van der Waals surface area contributed by atoms with Crippen molar-refractivity contribution in [2.75, 3.05) is 19.8 Å². The molecule has 19 heavy (non-hydrogen) atoms. The van der Waals surface area contributed by atoms with Crippen LogP contribution in [0.3, 0.4) is 0 Å². The Labute approximate surface area is 122 Å². The lowest BCUT2D eigenvalue weighted by atomic mass is 9.88. The van der Waals surface area contributed by atoms with E-state index in [0.717, 1.165) is 45.4 Å². The van der Waals surface area contributed by atoms with E-state index in [9.17, 15) is 4.79 Å². The van der Waals surface area contributed by atoms with Gasteiger partial charge in [0.25, 0.3) is 0 Å². The molecule has 0 aromatic rings. The molecule has 2 N–H and O–H groups in total. The average Bonchev–Trinajstić information content (AvgIpc) is 2.40. The lowest BCUT2D eigenvalue weighted by molar-refractivity contribution is -0.129. The zero-order valence-electron chi connectivity index (χ0n) is 12.0. The Bertz CT molecular complexity index is 287. The van der Waals surface area contributed by atoms with Crippen LogP contribution in [0.2, 0.25) is 0 Å². The first-order chi connectivity index (χ1) is 8.62. The summed E-state index contributed by atoms with van der Waals surface area (Å²) in [6, 6.07) is 0.252. The molecule has 2 unspecified atom stereocenters. The predicted octanol–water partition coefficient (Wildman–Crippen LogP) is 1.87. The van der Waals surface area contributed by atoms with Crippen LogP contribution in [0.15, 0.2) is 0 Å². The summed E-state index contributed by atoms with van der Waals surface area (Å²) < 4.78 is 5.37. The smallest absolute Gasteiger partial charge is 0.240 e. The minimum absolute atomic E-state index is 0. The van der Waals surface area contributed by atoms with Gasteiger partial charge in [0, 0.05) is 19.3 Å². The maximum atomic E-state index is 12.4. The van der Waals surface area contributed by atoms with E-state index in [1.54, 1.807) is 0 Å². The highest BCUT2D eigenvalue weighted by molar-refractivity contribution is 5.86. The van der Waals surface area contributed by atoms with Crippen LogP contribution in [0.25, 0.3) is 0 Å². The van der Waals surface area contributed by atoms with Gasteiger partial charge in [-0.25, -0.2) is 0 Å². The second kappa shape index (κ2) is 7.46. The summed E-state index contributed by atoms with van der Waals surface area (Å²) >= 11 is 0. The summed E-state index contributed by atoms with van der Waals surface area (Å²) in [6.07, 6.45) is 5.39. The van der Waals surface area contributed by atoms with Gasteiger partial charge < -0.3 is 15.4 Å². The first kappa shape index (κ1) is 16.7. The number of carbonyl (C=O) groups excluding carboxylic acids is 1. The fourth-order valence-corrected chi connectivity index (χ4v) is 2.95. The van der Waals surface area contributed by atoms with Crippen LogP contribution < -0.4 is 10.6 Å². The molecule has 0 radical (unpaired) electrons. The summed E-state index contributed by atoms with van der Waals surface area (Å²) in [5.74, 6) is 0.732. The number of ether oxygens (including phenoxy) is 1. The molecule has 0 aromatic carbocycles. The predicted molar refractivity (Wildman–Crippen MR) is 78.7 cm³/mol. The van der Waals surface area contributed by atoms with Gasteiger partial charge in [-0.3, -0.25) is 4.79 Å². The van der Waals surface area contributed by atoms with Gasteiger partial charge in [-0.2, -0.15) is 0 Å². The normalized spacial score (nSPS) is 30.2. The lowest BCUT2D eigenvalue weighted by Crippen LogP contribution is -2.59. The number of hydrogen-bond acceptors (Lipinski definition) is 3. The van der Waals surface area contributed by atoms with Crippen molar-refractivity contribution >= 4 is 18.3 Å². The summed E-state index contributed by atoms with van der Waals surface area (Å²) in [5.41, 5.74) is -0.363. The van der Waals surface area contributed by atoms with E-state index in [-0.39, 0.29) is 29.9 Å². The second-order valence-electron chi connectivity index (χ2n) is 5.93. The second-order valence-corrected chi connectivity index (χ2v) is 5.93. The van der Waals surface area contributed by atoms with Gasteiger partial charge in [0.15, 0.2) is 0 Å². The maximum Gasteiger partial charge on any atom is 0.240 e. The molecule has 2 aliphatic heterocycles. The molecule has 2 rings (SSSR count). The number of halogens is 1. The Morgan fingerprint density at radius 2 is 2.05 bits per heavy atom. The van der Waals surface area contributed by atoms with Crippen molar-refractivity contribution in [2.24, 2.45) is 5.92 Å². The van der Waals surface area contributed by atoms with E-state index in [1.807, 2.05) is 6.92 Å². The molecule has 2 saturated heterocycles. The number of rotatable bonds is 3. The van der Waals surface area contributed by atoms with Crippen molar-refractivity contribution in [2.45, 2.75) is 57.5 Å². The molecule has 4 nitrogen and oxygen atoms in total. The largest absolute Gasteiger partial charge is 0.381 e. The fourth-order valence-electron chi connectivity index (χ4n) is 2.95. The summed E-state index contributed by atoms with van der Waals surface area (Å²) in [4.78, 5) is 12.4. The Balaban J connectivity index is 0.00000180. The van der Waals surface area contributed by atoms with E-state index in [2.05, 4.69) is 17.6 Å². The number of carbonyl (C=O) groups is 1. The summed E-state index contributed by atoms with van der Waals surface area (Å²) in [7, 11) is 0. The lowest BCUT2D eigenvalue weighted by Gasteiger charge is -2.36. The molecule has 0 spiro atoms. The van der Waals surface area contributed by atoms with E-state index in [4.69, 9.17) is 4.74 Å². The minimum atomic E-state index is -0.363. The van der Waals surface area contributed by atoms with Crippen molar-refractivity contribution in [3.63, 3.8) is 0 Å². The topological polar surface area (TPSA) is 50.4 Å². The SMILES string of the molecule is CC(NC(=O)C1(C)CCCCN1)C1CCOCC1.Cl. The summed E-state index contributed by atoms with van der Waals surface area (Å²) in [6.45, 7) is 6.77. The Morgan fingerprint density at radius 3 is 2.63 bits per heavy atom. The molecule has 2 fully saturated rings. The van der Waals surface area contributed by atoms with Crippen LogP contribution in [0.4, 0.5) is 0 Å². The number of hydrogen-bond donors (Lipinski definition) is 2. The van der Waals surface area contributed by atoms with Gasteiger partial charge in [-0.05, 0) is 58.4 Å². The maximum absolute atomic E-state index is 12.4. The van der Waals surface area contributed by atoms with E-state index in [1.165, 1.54) is 6.42 Å². The standard InChI is InChI=1S/C14H26N2O2.ClH/c1-11(12-5-9-18-10-6-12)16-13(17)14(2)7-3-4-8-15-14;/h11-12,15H,3-10H2,1-2H3,(H,16,17);1H. The van der Waals surface area contributed by atoms with Gasteiger partial charge in [0.05, 0.1) is 5.54 Å². The first-order valence-electron chi connectivity index (χ1n) is 7.25. The zero-order valence-corrected chi connectivity index (χ0v) is 12.9. The third kappa shape index (κ3) is 4.33. The molecule has 0 aromatic heterocycles. The van der Waals surface area contributed by atoms with E-state index < -0.39 is 0 Å². The summed E-state index contributed by atoms with van der Waals surface area (Å²) in [5, 5.41) is 6.57. The third-order valence-electron chi connectivity index (χ3n) is 4.45.